The summed E-state index contributed by atoms with van der Waals surface area (Å²) in [6.07, 6.45) is 2.39. The zero-order valence-corrected chi connectivity index (χ0v) is 27.2. The van der Waals surface area contributed by atoms with Gasteiger partial charge in [0.2, 0.25) is 11.8 Å². The maximum atomic E-state index is 13.5. The van der Waals surface area contributed by atoms with Crippen molar-refractivity contribution in [1.82, 2.24) is 9.80 Å². The molecule has 1 heterocycles. The summed E-state index contributed by atoms with van der Waals surface area (Å²) in [6.45, 7) is 2.13. The molecule has 0 saturated carbocycles. The standard InChI is InChI=1S/C39H44N2O6/c1-46-30-14-18-36(42)34(26-30)32(28-10-5-3-6-11-28)16-20-38(44)40-22-9-23-41(25-24-40)39(45)21-17-33(29-12-7-4-8-13-29)35-27-31(47-2)15-19-37(35)43/h3-8,10-15,18-19,26-27,32-33,42-43H,9,16-17,20-25H2,1-2H3. The highest BCUT2D eigenvalue weighted by molar-refractivity contribution is 5.78. The van der Waals surface area contributed by atoms with Crippen molar-refractivity contribution in [2.75, 3.05) is 40.4 Å². The third-order valence-electron chi connectivity index (χ3n) is 9.12. The molecule has 1 saturated heterocycles. The van der Waals surface area contributed by atoms with Crippen molar-refractivity contribution >= 4 is 11.8 Å². The van der Waals surface area contributed by atoms with Crippen LogP contribution in [0.2, 0.25) is 0 Å². The van der Waals surface area contributed by atoms with Gasteiger partial charge in [-0.1, -0.05) is 60.7 Å². The van der Waals surface area contributed by atoms with E-state index in [0.29, 0.717) is 69.8 Å². The fourth-order valence-electron chi connectivity index (χ4n) is 6.52. The topological polar surface area (TPSA) is 99.5 Å². The first-order valence-corrected chi connectivity index (χ1v) is 16.3. The van der Waals surface area contributed by atoms with Crippen molar-refractivity contribution in [1.29, 1.82) is 0 Å². The van der Waals surface area contributed by atoms with E-state index >= 15 is 0 Å². The second-order valence-corrected chi connectivity index (χ2v) is 12.0. The summed E-state index contributed by atoms with van der Waals surface area (Å²) < 4.78 is 10.8. The molecular weight excluding hydrogens is 592 g/mol. The van der Waals surface area contributed by atoms with Crippen LogP contribution in [0.5, 0.6) is 23.0 Å². The van der Waals surface area contributed by atoms with Crippen LogP contribution in [0, 0.1) is 0 Å². The van der Waals surface area contributed by atoms with Crippen LogP contribution in [0.25, 0.3) is 0 Å². The van der Waals surface area contributed by atoms with E-state index in [2.05, 4.69) is 0 Å². The van der Waals surface area contributed by atoms with Crippen LogP contribution < -0.4 is 9.47 Å². The van der Waals surface area contributed by atoms with Gasteiger partial charge in [0.1, 0.15) is 23.0 Å². The summed E-state index contributed by atoms with van der Waals surface area (Å²) in [5, 5.41) is 21.5. The Bertz CT molecular complexity index is 1510. The molecule has 8 nitrogen and oxygen atoms in total. The lowest BCUT2D eigenvalue weighted by Gasteiger charge is -2.25. The van der Waals surface area contributed by atoms with E-state index in [0.717, 1.165) is 22.3 Å². The fourth-order valence-corrected chi connectivity index (χ4v) is 6.52. The normalized spacial score (nSPS) is 14.6. The second kappa shape index (κ2) is 16.0. The van der Waals surface area contributed by atoms with Gasteiger partial charge in [0, 0.05) is 62.0 Å². The quantitative estimate of drug-likeness (QED) is 0.180. The number of rotatable bonds is 12. The van der Waals surface area contributed by atoms with Gasteiger partial charge in [-0.05, 0) is 66.8 Å². The Hall–Kier alpha value is -4.98. The number of amides is 2. The maximum absolute atomic E-state index is 13.5. The van der Waals surface area contributed by atoms with E-state index in [1.165, 1.54) is 0 Å². The molecule has 5 rings (SSSR count). The van der Waals surface area contributed by atoms with Crippen molar-refractivity contribution < 1.29 is 29.3 Å². The van der Waals surface area contributed by atoms with E-state index in [1.807, 2.05) is 82.6 Å². The van der Waals surface area contributed by atoms with Crippen molar-refractivity contribution in [3.8, 4) is 23.0 Å². The Kier molecular flexibility index (Phi) is 11.4. The van der Waals surface area contributed by atoms with E-state index in [4.69, 9.17) is 9.47 Å². The number of nitrogens with zero attached hydrogens (tertiary/aromatic N) is 2. The van der Waals surface area contributed by atoms with Crippen LogP contribution in [0.15, 0.2) is 97.1 Å². The second-order valence-electron chi connectivity index (χ2n) is 12.0. The third-order valence-corrected chi connectivity index (χ3v) is 9.12. The van der Waals surface area contributed by atoms with Gasteiger partial charge in [-0.15, -0.1) is 0 Å². The molecule has 0 radical (unpaired) electrons. The summed E-state index contributed by atoms with van der Waals surface area (Å²) in [5.41, 5.74) is 3.50. The van der Waals surface area contributed by atoms with Gasteiger partial charge in [-0.3, -0.25) is 9.59 Å². The first kappa shape index (κ1) is 33.4. The molecule has 1 aliphatic rings. The molecule has 0 aromatic heterocycles. The van der Waals surface area contributed by atoms with Crippen LogP contribution in [0.3, 0.4) is 0 Å². The number of carbonyl (C=O) groups excluding carboxylic acids is 2. The lowest BCUT2D eigenvalue weighted by atomic mass is 9.86. The molecule has 4 aromatic carbocycles. The van der Waals surface area contributed by atoms with Crippen LogP contribution >= 0.6 is 0 Å². The molecule has 246 valence electrons. The predicted molar refractivity (Wildman–Crippen MR) is 182 cm³/mol. The number of hydrogen-bond donors (Lipinski definition) is 2. The van der Waals surface area contributed by atoms with E-state index < -0.39 is 0 Å². The number of phenols is 2. The lowest BCUT2D eigenvalue weighted by molar-refractivity contribution is -0.133. The van der Waals surface area contributed by atoms with Crippen LogP contribution in [-0.4, -0.2) is 72.2 Å². The Balaban J connectivity index is 1.21. The number of carbonyl (C=O) groups is 2. The Morgan fingerprint density at radius 3 is 1.40 bits per heavy atom. The van der Waals surface area contributed by atoms with Gasteiger partial charge in [0.15, 0.2) is 0 Å². The van der Waals surface area contributed by atoms with Crippen molar-refractivity contribution in [2.45, 2.75) is 43.9 Å². The summed E-state index contributed by atoms with van der Waals surface area (Å²) in [4.78, 5) is 30.8. The molecule has 1 aliphatic heterocycles. The molecule has 47 heavy (non-hydrogen) atoms. The zero-order chi connectivity index (χ0) is 33.2. The van der Waals surface area contributed by atoms with Crippen LogP contribution in [0.4, 0.5) is 0 Å². The molecule has 4 aromatic rings. The van der Waals surface area contributed by atoms with Gasteiger partial charge >= 0.3 is 0 Å². The summed E-state index contributed by atoms with van der Waals surface area (Å²) in [6, 6.07) is 30.2. The minimum absolute atomic E-state index is 0.0419. The largest absolute Gasteiger partial charge is 0.508 e. The highest BCUT2D eigenvalue weighted by atomic mass is 16.5. The number of methoxy groups -OCH3 is 2. The van der Waals surface area contributed by atoms with Gasteiger partial charge in [0.25, 0.3) is 0 Å². The molecule has 2 N–H and O–H groups in total. The van der Waals surface area contributed by atoms with Gasteiger partial charge < -0.3 is 29.5 Å². The van der Waals surface area contributed by atoms with Crippen molar-refractivity contribution in [3.05, 3.63) is 119 Å². The Morgan fingerprint density at radius 2 is 1.02 bits per heavy atom. The number of aromatic hydroxyl groups is 2. The Labute approximate surface area is 277 Å². The number of ether oxygens (including phenoxy) is 2. The van der Waals surface area contributed by atoms with Crippen LogP contribution in [-0.2, 0) is 9.59 Å². The molecule has 2 unspecified atom stereocenters. The van der Waals surface area contributed by atoms with Crippen molar-refractivity contribution in [3.63, 3.8) is 0 Å². The number of hydrogen-bond acceptors (Lipinski definition) is 6. The molecule has 2 amide bonds. The van der Waals surface area contributed by atoms with E-state index in [9.17, 15) is 19.8 Å². The average molecular weight is 637 g/mol. The minimum Gasteiger partial charge on any atom is -0.508 e. The highest BCUT2D eigenvalue weighted by Gasteiger charge is 2.26. The molecule has 1 fully saturated rings. The predicted octanol–water partition coefficient (Wildman–Crippen LogP) is 6.70. The first-order chi connectivity index (χ1) is 22.9. The SMILES string of the molecule is COc1ccc(O)c(C(CCC(=O)N2CCCN(C(=O)CCC(c3ccccc3)c3cc(OC)ccc3O)CC2)c2ccccc2)c1. The summed E-state index contributed by atoms with van der Waals surface area (Å²) >= 11 is 0. The molecule has 0 spiro atoms. The Morgan fingerprint density at radius 1 is 0.617 bits per heavy atom. The average Bonchev–Trinajstić information content (AvgIpc) is 3.37. The summed E-state index contributed by atoms with van der Waals surface area (Å²) in [5.74, 6) is 1.37. The zero-order valence-electron chi connectivity index (χ0n) is 27.2. The van der Waals surface area contributed by atoms with E-state index in [1.54, 1.807) is 38.5 Å². The molecule has 8 heteroatoms. The molecule has 0 bridgehead atoms. The number of phenolic OH excluding ortho intramolecular Hbond substituents is 2. The third kappa shape index (κ3) is 8.44. The first-order valence-electron chi connectivity index (χ1n) is 16.3. The highest BCUT2D eigenvalue weighted by Crippen LogP contribution is 2.38. The lowest BCUT2D eigenvalue weighted by Crippen LogP contribution is -2.37. The minimum atomic E-state index is -0.179. The van der Waals surface area contributed by atoms with Gasteiger partial charge in [-0.25, -0.2) is 0 Å². The fraction of sp³-hybridized carbons (Fsp3) is 0.333. The van der Waals surface area contributed by atoms with Gasteiger partial charge in [-0.2, -0.15) is 0 Å². The van der Waals surface area contributed by atoms with Crippen LogP contribution in [0.1, 0.15) is 66.2 Å². The molecule has 0 aliphatic carbocycles. The maximum Gasteiger partial charge on any atom is 0.222 e. The monoisotopic (exact) mass is 636 g/mol. The number of benzene rings is 4. The summed E-state index contributed by atoms with van der Waals surface area (Å²) in [7, 11) is 3.19. The van der Waals surface area contributed by atoms with Gasteiger partial charge in [0.05, 0.1) is 14.2 Å². The smallest absolute Gasteiger partial charge is 0.222 e. The van der Waals surface area contributed by atoms with Crippen molar-refractivity contribution in [2.24, 2.45) is 0 Å². The molecule has 2 atom stereocenters. The van der Waals surface area contributed by atoms with E-state index in [-0.39, 0.29) is 35.1 Å². The molecular formula is C39H44N2O6.